The smallest absolute Gasteiger partial charge is 0.303 e. The third-order valence-corrected chi connectivity index (χ3v) is 3.34. The Bertz CT molecular complexity index is 422. The van der Waals surface area contributed by atoms with E-state index in [-0.39, 0.29) is 6.42 Å². The number of hydrogen-bond donors (Lipinski definition) is 3. The van der Waals surface area contributed by atoms with Crippen LogP contribution in [-0.2, 0) is 4.79 Å². The van der Waals surface area contributed by atoms with Crippen molar-refractivity contribution in [3.05, 3.63) is 29.8 Å². The SMILES string of the molecule is COc1ccccc1C(O)CCNCCCCCC(=O)O. The molecular weight excluding hydrogens is 270 g/mol. The molecule has 1 unspecified atom stereocenters. The largest absolute Gasteiger partial charge is 0.496 e. The highest BCUT2D eigenvalue weighted by Crippen LogP contribution is 2.26. The number of carboxylic acid groups (broad SMARTS) is 1. The van der Waals surface area contributed by atoms with E-state index in [0.29, 0.717) is 12.2 Å². The number of benzene rings is 1. The molecule has 1 rings (SSSR count). The molecule has 1 aromatic carbocycles. The molecule has 0 saturated carbocycles. The van der Waals surface area contributed by atoms with Crippen molar-refractivity contribution in [2.75, 3.05) is 20.2 Å². The van der Waals surface area contributed by atoms with Crippen molar-refractivity contribution >= 4 is 5.97 Å². The minimum Gasteiger partial charge on any atom is -0.496 e. The first-order valence-electron chi connectivity index (χ1n) is 7.38. The van der Waals surface area contributed by atoms with Gasteiger partial charge in [-0.1, -0.05) is 24.6 Å². The molecule has 0 bridgehead atoms. The van der Waals surface area contributed by atoms with Crippen LogP contribution in [0.5, 0.6) is 5.75 Å². The Labute approximate surface area is 125 Å². The van der Waals surface area contributed by atoms with E-state index in [0.717, 1.165) is 37.9 Å². The lowest BCUT2D eigenvalue weighted by atomic mass is 10.1. The molecule has 1 atom stereocenters. The van der Waals surface area contributed by atoms with Gasteiger partial charge in [0.05, 0.1) is 13.2 Å². The van der Waals surface area contributed by atoms with Crippen molar-refractivity contribution in [2.45, 2.75) is 38.2 Å². The molecule has 1 aromatic rings. The first-order valence-corrected chi connectivity index (χ1v) is 7.38. The zero-order chi connectivity index (χ0) is 15.5. The maximum Gasteiger partial charge on any atom is 0.303 e. The molecule has 5 heteroatoms. The van der Waals surface area contributed by atoms with Crippen molar-refractivity contribution in [3.63, 3.8) is 0 Å². The molecule has 21 heavy (non-hydrogen) atoms. The third kappa shape index (κ3) is 7.11. The molecule has 118 valence electrons. The van der Waals surface area contributed by atoms with Gasteiger partial charge in [-0.05, 0) is 38.4 Å². The van der Waals surface area contributed by atoms with Gasteiger partial charge in [0, 0.05) is 12.0 Å². The molecule has 5 nitrogen and oxygen atoms in total. The Balaban J connectivity index is 2.13. The van der Waals surface area contributed by atoms with Gasteiger partial charge in [-0.15, -0.1) is 0 Å². The van der Waals surface area contributed by atoms with Crippen molar-refractivity contribution in [3.8, 4) is 5.75 Å². The number of hydrogen-bond acceptors (Lipinski definition) is 4. The van der Waals surface area contributed by atoms with Crippen LogP contribution in [-0.4, -0.2) is 36.4 Å². The normalized spacial score (nSPS) is 12.1. The van der Waals surface area contributed by atoms with Crippen LogP contribution < -0.4 is 10.1 Å². The van der Waals surface area contributed by atoms with Crippen LogP contribution in [0.25, 0.3) is 0 Å². The number of aliphatic hydroxyl groups is 1. The Morgan fingerprint density at radius 1 is 1.24 bits per heavy atom. The number of aliphatic carboxylic acids is 1. The molecule has 0 aromatic heterocycles. The van der Waals surface area contributed by atoms with Crippen LogP contribution in [0.1, 0.15) is 43.8 Å². The lowest BCUT2D eigenvalue weighted by Crippen LogP contribution is -2.19. The van der Waals surface area contributed by atoms with Crippen molar-refractivity contribution in [1.82, 2.24) is 5.32 Å². The van der Waals surface area contributed by atoms with E-state index in [9.17, 15) is 9.90 Å². The fraction of sp³-hybridized carbons (Fsp3) is 0.562. The summed E-state index contributed by atoms with van der Waals surface area (Å²) in [7, 11) is 1.60. The molecule has 0 amide bonds. The predicted molar refractivity (Wildman–Crippen MR) is 81.5 cm³/mol. The molecule has 0 fully saturated rings. The van der Waals surface area contributed by atoms with Crippen molar-refractivity contribution in [1.29, 1.82) is 0 Å². The van der Waals surface area contributed by atoms with E-state index >= 15 is 0 Å². The molecule has 0 heterocycles. The Kier molecular flexibility index (Phi) is 8.47. The Morgan fingerprint density at radius 3 is 2.71 bits per heavy atom. The number of carboxylic acids is 1. The lowest BCUT2D eigenvalue weighted by molar-refractivity contribution is -0.137. The fourth-order valence-corrected chi connectivity index (χ4v) is 2.16. The minimum atomic E-state index is -0.733. The highest BCUT2D eigenvalue weighted by Gasteiger charge is 2.11. The molecule has 3 N–H and O–H groups in total. The van der Waals surface area contributed by atoms with E-state index in [4.69, 9.17) is 9.84 Å². The number of unbranched alkanes of at least 4 members (excludes halogenated alkanes) is 2. The summed E-state index contributed by atoms with van der Waals surface area (Å²) >= 11 is 0. The summed E-state index contributed by atoms with van der Waals surface area (Å²) in [5, 5.41) is 21.9. The van der Waals surface area contributed by atoms with Crippen LogP contribution >= 0.6 is 0 Å². The number of aliphatic hydroxyl groups excluding tert-OH is 1. The monoisotopic (exact) mass is 295 g/mol. The first kappa shape index (κ1) is 17.5. The van der Waals surface area contributed by atoms with E-state index in [1.54, 1.807) is 7.11 Å². The summed E-state index contributed by atoms with van der Waals surface area (Å²) in [4.78, 5) is 10.3. The first-order chi connectivity index (χ1) is 10.1. The van der Waals surface area contributed by atoms with Crippen LogP contribution in [0.15, 0.2) is 24.3 Å². The quantitative estimate of drug-likeness (QED) is 0.546. The molecule has 0 saturated heterocycles. The summed E-state index contributed by atoms with van der Waals surface area (Å²) < 4.78 is 5.23. The van der Waals surface area contributed by atoms with Crippen molar-refractivity contribution < 1.29 is 19.7 Å². The predicted octanol–water partition coefficient (Wildman–Crippen LogP) is 2.35. The summed E-state index contributed by atoms with van der Waals surface area (Å²) in [5.41, 5.74) is 0.809. The number of carbonyl (C=O) groups is 1. The Hall–Kier alpha value is -1.59. The van der Waals surface area contributed by atoms with Crippen LogP contribution in [0.3, 0.4) is 0 Å². The third-order valence-electron chi connectivity index (χ3n) is 3.34. The molecule has 0 radical (unpaired) electrons. The van der Waals surface area contributed by atoms with Gasteiger partial charge in [0.15, 0.2) is 0 Å². The van der Waals surface area contributed by atoms with E-state index in [1.165, 1.54) is 0 Å². The molecule has 0 aliphatic rings. The summed E-state index contributed by atoms with van der Waals surface area (Å²) in [6.45, 7) is 1.57. The van der Waals surface area contributed by atoms with Crippen LogP contribution in [0.4, 0.5) is 0 Å². The van der Waals surface area contributed by atoms with Crippen LogP contribution in [0.2, 0.25) is 0 Å². The van der Waals surface area contributed by atoms with Crippen LogP contribution in [0, 0.1) is 0 Å². The average Bonchev–Trinajstić information content (AvgIpc) is 2.49. The number of ether oxygens (including phenoxy) is 1. The summed E-state index contributed by atoms with van der Waals surface area (Å²) in [6.07, 6.45) is 2.91. The number of nitrogens with one attached hydrogen (secondary N) is 1. The van der Waals surface area contributed by atoms with E-state index < -0.39 is 12.1 Å². The van der Waals surface area contributed by atoms with Crippen molar-refractivity contribution in [2.24, 2.45) is 0 Å². The maximum atomic E-state index is 10.3. The van der Waals surface area contributed by atoms with Gasteiger partial charge in [-0.25, -0.2) is 0 Å². The fourth-order valence-electron chi connectivity index (χ4n) is 2.16. The summed E-state index contributed by atoms with van der Waals surface area (Å²) in [6, 6.07) is 7.48. The van der Waals surface area contributed by atoms with Gasteiger partial charge in [0.25, 0.3) is 0 Å². The summed E-state index contributed by atoms with van der Waals surface area (Å²) in [5.74, 6) is -0.0263. The topological polar surface area (TPSA) is 78.8 Å². The highest BCUT2D eigenvalue weighted by molar-refractivity contribution is 5.66. The molecule has 0 aliphatic heterocycles. The standard InChI is InChI=1S/C16H25NO4/c1-21-15-8-5-4-7-13(15)14(18)10-12-17-11-6-2-3-9-16(19)20/h4-5,7-8,14,17-18H,2-3,6,9-12H2,1H3,(H,19,20). The van der Waals surface area contributed by atoms with E-state index in [2.05, 4.69) is 5.32 Å². The molecule has 0 aliphatic carbocycles. The van der Waals surface area contributed by atoms with Gasteiger partial charge in [-0.3, -0.25) is 4.79 Å². The van der Waals surface area contributed by atoms with Gasteiger partial charge < -0.3 is 20.3 Å². The maximum absolute atomic E-state index is 10.3. The number of rotatable bonds is 11. The van der Waals surface area contributed by atoms with Gasteiger partial charge in [0.1, 0.15) is 5.75 Å². The van der Waals surface area contributed by atoms with Gasteiger partial charge >= 0.3 is 5.97 Å². The van der Waals surface area contributed by atoms with Gasteiger partial charge in [-0.2, -0.15) is 0 Å². The van der Waals surface area contributed by atoms with Gasteiger partial charge in [0.2, 0.25) is 0 Å². The van der Waals surface area contributed by atoms with E-state index in [1.807, 2.05) is 24.3 Å². The molecule has 0 spiro atoms. The highest BCUT2D eigenvalue weighted by atomic mass is 16.5. The lowest BCUT2D eigenvalue weighted by Gasteiger charge is -2.14. The second-order valence-electron chi connectivity index (χ2n) is 5.00. The zero-order valence-electron chi connectivity index (χ0n) is 12.5. The second kappa shape index (κ2) is 10.2. The zero-order valence-corrected chi connectivity index (χ0v) is 12.5. The number of para-hydroxylation sites is 1. The molecular formula is C16H25NO4. The Morgan fingerprint density at radius 2 is 2.00 bits per heavy atom. The number of methoxy groups -OCH3 is 1. The second-order valence-corrected chi connectivity index (χ2v) is 5.00. The average molecular weight is 295 g/mol. The minimum absolute atomic E-state index is 0.243.